The zero-order valence-electron chi connectivity index (χ0n) is 13.4. The monoisotopic (exact) mass is 397 g/mol. The summed E-state index contributed by atoms with van der Waals surface area (Å²) in [5.41, 5.74) is 1.63. The normalized spacial score (nSPS) is 13.7. The van der Waals surface area contributed by atoms with E-state index in [-0.39, 0.29) is 6.61 Å². The predicted molar refractivity (Wildman–Crippen MR) is 101 cm³/mol. The molecule has 1 aromatic heterocycles. The van der Waals surface area contributed by atoms with E-state index in [2.05, 4.69) is 5.32 Å². The molecule has 1 aliphatic carbocycles. The number of carbonyl (C=O) groups is 2. The van der Waals surface area contributed by atoms with Gasteiger partial charge in [0.05, 0.1) is 10.7 Å². The van der Waals surface area contributed by atoms with E-state index in [4.69, 9.17) is 27.9 Å². The lowest BCUT2D eigenvalue weighted by Gasteiger charge is -2.08. The largest absolute Gasteiger partial charge is 0.451 e. The smallest absolute Gasteiger partial charge is 0.348 e. The summed E-state index contributed by atoms with van der Waals surface area (Å²) in [7, 11) is 0. The highest BCUT2D eigenvalue weighted by atomic mass is 35.5. The molecule has 1 aromatic carbocycles. The summed E-state index contributed by atoms with van der Waals surface area (Å²) in [5, 5.41) is 3.41. The fourth-order valence-electron chi connectivity index (χ4n) is 2.75. The zero-order chi connectivity index (χ0) is 17.8. The molecule has 132 valence electrons. The average Bonchev–Trinajstić information content (AvgIpc) is 2.87. The number of ether oxygens (including phenoxy) is 1. The summed E-state index contributed by atoms with van der Waals surface area (Å²) in [6.45, 7) is -0.371. The van der Waals surface area contributed by atoms with E-state index < -0.39 is 11.9 Å². The Labute approximate surface area is 160 Å². The third kappa shape index (κ3) is 4.75. The van der Waals surface area contributed by atoms with Gasteiger partial charge >= 0.3 is 5.97 Å². The Morgan fingerprint density at radius 1 is 1.12 bits per heavy atom. The number of hydrogen-bond acceptors (Lipinski definition) is 4. The molecular weight excluding hydrogens is 381 g/mol. The summed E-state index contributed by atoms with van der Waals surface area (Å²) in [6, 6.07) is 6.66. The molecule has 7 heteroatoms. The van der Waals surface area contributed by atoms with Crippen LogP contribution in [0.15, 0.2) is 24.3 Å². The molecule has 0 saturated carbocycles. The second-order valence-corrected chi connectivity index (χ2v) is 7.85. The van der Waals surface area contributed by atoms with E-state index in [1.165, 1.54) is 28.2 Å². The lowest BCUT2D eigenvalue weighted by Crippen LogP contribution is -2.20. The van der Waals surface area contributed by atoms with Gasteiger partial charge < -0.3 is 10.1 Å². The molecule has 1 aliphatic rings. The molecular formula is C18H17Cl2NO3S. The summed E-state index contributed by atoms with van der Waals surface area (Å²) in [6.07, 6.45) is 5.56. The van der Waals surface area contributed by atoms with Gasteiger partial charge in [0.25, 0.3) is 5.91 Å². The number of rotatable bonds is 4. The molecule has 0 radical (unpaired) electrons. The summed E-state index contributed by atoms with van der Waals surface area (Å²) < 4.78 is 5.12. The number of thiophene rings is 1. The fraction of sp³-hybridized carbons (Fsp3) is 0.333. The molecule has 0 bridgehead atoms. The number of nitrogens with one attached hydrogen (secondary N) is 1. The van der Waals surface area contributed by atoms with Crippen molar-refractivity contribution in [3.05, 3.63) is 49.6 Å². The predicted octanol–water partition coefficient (Wildman–Crippen LogP) is 5.12. The van der Waals surface area contributed by atoms with Crippen LogP contribution in [0.2, 0.25) is 10.0 Å². The highest BCUT2D eigenvalue weighted by Gasteiger charge is 2.18. The van der Waals surface area contributed by atoms with E-state index in [0.717, 1.165) is 25.7 Å². The van der Waals surface area contributed by atoms with Gasteiger partial charge in [0.2, 0.25) is 0 Å². The van der Waals surface area contributed by atoms with Crippen molar-refractivity contribution in [1.82, 2.24) is 0 Å². The minimum atomic E-state index is -0.467. The number of aryl methyl sites for hydroxylation is 2. The van der Waals surface area contributed by atoms with Crippen molar-refractivity contribution in [2.45, 2.75) is 32.1 Å². The molecule has 1 heterocycles. The van der Waals surface area contributed by atoms with Gasteiger partial charge in [-0.2, -0.15) is 0 Å². The van der Waals surface area contributed by atoms with Gasteiger partial charge in [-0.3, -0.25) is 4.79 Å². The van der Waals surface area contributed by atoms with Crippen molar-refractivity contribution >= 4 is 52.1 Å². The van der Waals surface area contributed by atoms with Crippen LogP contribution in [-0.4, -0.2) is 18.5 Å². The first kappa shape index (κ1) is 18.2. The third-order valence-electron chi connectivity index (χ3n) is 3.98. The van der Waals surface area contributed by atoms with Gasteiger partial charge in [0.1, 0.15) is 4.88 Å². The molecule has 1 amide bonds. The number of hydrogen-bond donors (Lipinski definition) is 1. The lowest BCUT2D eigenvalue weighted by atomic mass is 10.1. The van der Waals surface area contributed by atoms with E-state index in [1.807, 2.05) is 6.07 Å². The molecule has 1 N–H and O–H groups in total. The van der Waals surface area contributed by atoms with E-state index >= 15 is 0 Å². The number of benzene rings is 1. The van der Waals surface area contributed by atoms with Gasteiger partial charge in [-0.05, 0) is 55.5 Å². The number of halogens is 2. The Morgan fingerprint density at radius 3 is 2.76 bits per heavy atom. The first-order chi connectivity index (χ1) is 12.0. The van der Waals surface area contributed by atoms with Crippen molar-refractivity contribution in [1.29, 1.82) is 0 Å². The topological polar surface area (TPSA) is 55.4 Å². The van der Waals surface area contributed by atoms with E-state index in [1.54, 1.807) is 18.2 Å². The molecule has 0 unspecified atom stereocenters. The maximum Gasteiger partial charge on any atom is 0.348 e. The summed E-state index contributed by atoms with van der Waals surface area (Å²) in [5.74, 6) is -0.930. The Kier molecular flexibility index (Phi) is 5.99. The maximum atomic E-state index is 12.2. The van der Waals surface area contributed by atoms with Crippen LogP contribution in [0.4, 0.5) is 5.69 Å². The van der Waals surface area contributed by atoms with Crippen LogP contribution in [0.1, 0.15) is 39.4 Å². The molecule has 0 aliphatic heterocycles. The molecule has 0 spiro atoms. The fourth-order valence-corrected chi connectivity index (χ4v) is 4.23. The molecule has 0 atom stereocenters. The summed E-state index contributed by atoms with van der Waals surface area (Å²) >= 11 is 13.3. The SMILES string of the molecule is O=C(COC(=O)c1cc2c(s1)CCCCC2)Nc1cc(Cl)ccc1Cl. The first-order valence-corrected chi connectivity index (χ1v) is 9.64. The van der Waals surface area contributed by atoms with Gasteiger partial charge in [-0.1, -0.05) is 29.6 Å². The Hall–Kier alpha value is -1.56. The number of anilines is 1. The van der Waals surface area contributed by atoms with Crippen LogP contribution in [-0.2, 0) is 22.4 Å². The van der Waals surface area contributed by atoms with Gasteiger partial charge in [0, 0.05) is 9.90 Å². The standard InChI is InChI=1S/C18H17Cl2NO3S/c19-12-6-7-13(20)14(9-12)21-17(22)10-24-18(23)16-8-11-4-2-1-3-5-15(11)25-16/h6-9H,1-5,10H2,(H,21,22). The number of amides is 1. The van der Waals surface area contributed by atoms with Gasteiger partial charge in [-0.25, -0.2) is 4.79 Å². The Bertz CT molecular complexity index is 780. The first-order valence-electron chi connectivity index (χ1n) is 8.06. The number of esters is 1. The molecule has 3 rings (SSSR count). The lowest BCUT2D eigenvalue weighted by molar-refractivity contribution is -0.119. The quantitative estimate of drug-likeness (QED) is 0.575. The number of fused-ring (bicyclic) bond motifs is 1. The molecule has 25 heavy (non-hydrogen) atoms. The molecule has 0 fully saturated rings. The van der Waals surface area contributed by atoms with E-state index in [0.29, 0.717) is 20.6 Å². The zero-order valence-corrected chi connectivity index (χ0v) is 15.8. The highest BCUT2D eigenvalue weighted by molar-refractivity contribution is 7.14. The molecule has 0 saturated heterocycles. The summed E-state index contributed by atoms with van der Waals surface area (Å²) in [4.78, 5) is 26.0. The van der Waals surface area contributed by atoms with Crippen molar-refractivity contribution in [3.8, 4) is 0 Å². The van der Waals surface area contributed by atoms with Gasteiger partial charge in [-0.15, -0.1) is 11.3 Å². The Balaban J connectivity index is 1.57. The van der Waals surface area contributed by atoms with Crippen LogP contribution < -0.4 is 5.32 Å². The van der Waals surface area contributed by atoms with Crippen LogP contribution in [0.25, 0.3) is 0 Å². The molecule has 4 nitrogen and oxygen atoms in total. The minimum absolute atomic E-state index is 0.367. The third-order valence-corrected chi connectivity index (χ3v) is 5.77. The number of carbonyl (C=O) groups excluding carboxylic acids is 2. The maximum absolute atomic E-state index is 12.2. The van der Waals surface area contributed by atoms with Crippen molar-refractivity contribution in [2.24, 2.45) is 0 Å². The average molecular weight is 398 g/mol. The Morgan fingerprint density at radius 2 is 1.92 bits per heavy atom. The van der Waals surface area contributed by atoms with Crippen LogP contribution in [0.3, 0.4) is 0 Å². The van der Waals surface area contributed by atoms with E-state index in [9.17, 15) is 9.59 Å². The second kappa shape index (κ2) is 8.21. The second-order valence-electron chi connectivity index (χ2n) is 5.87. The van der Waals surface area contributed by atoms with Crippen molar-refractivity contribution in [3.63, 3.8) is 0 Å². The minimum Gasteiger partial charge on any atom is -0.451 e. The van der Waals surface area contributed by atoms with Crippen molar-refractivity contribution < 1.29 is 14.3 Å². The van der Waals surface area contributed by atoms with Crippen LogP contribution >= 0.6 is 34.5 Å². The van der Waals surface area contributed by atoms with Gasteiger partial charge in [0.15, 0.2) is 6.61 Å². The van der Waals surface area contributed by atoms with Crippen LogP contribution in [0, 0.1) is 0 Å². The van der Waals surface area contributed by atoms with Crippen molar-refractivity contribution in [2.75, 3.05) is 11.9 Å². The van der Waals surface area contributed by atoms with Crippen LogP contribution in [0.5, 0.6) is 0 Å². The molecule has 2 aromatic rings. The highest BCUT2D eigenvalue weighted by Crippen LogP contribution is 2.29.